The maximum absolute atomic E-state index is 12.5. The van der Waals surface area contributed by atoms with Crippen LogP contribution in [0.5, 0.6) is 0 Å². The van der Waals surface area contributed by atoms with E-state index < -0.39 is 0 Å². The van der Waals surface area contributed by atoms with Gasteiger partial charge in [0.1, 0.15) is 10.7 Å². The summed E-state index contributed by atoms with van der Waals surface area (Å²) in [5, 5.41) is 5.69. The number of aromatic nitrogens is 2. The molecule has 9 heteroatoms. The highest BCUT2D eigenvalue weighted by Gasteiger charge is 2.40. The van der Waals surface area contributed by atoms with E-state index in [4.69, 9.17) is 17.6 Å². The number of fused-ring (bicyclic) bond motifs is 2. The van der Waals surface area contributed by atoms with E-state index in [1.807, 2.05) is 6.92 Å². The number of nitrogens with zero attached hydrogens (tertiary/aromatic N) is 4. The Morgan fingerprint density at radius 1 is 1.14 bits per heavy atom. The Bertz CT molecular complexity index is 1300. The second-order valence-electron chi connectivity index (χ2n) is 9.84. The predicted molar refractivity (Wildman–Crippen MR) is 139 cm³/mol. The number of imide groups is 1. The number of carbonyl (C=O) groups excluding carboxylic acids is 2. The number of thiol groups is 1. The molecule has 2 amide bonds. The highest BCUT2D eigenvalue weighted by molar-refractivity contribution is 7.80. The van der Waals surface area contributed by atoms with Crippen molar-refractivity contribution in [2.24, 2.45) is 0 Å². The van der Waals surface area contributed by atoms with E-state index in [1.165, 1.54) is 27.8 Å². The molecule has 0 saturated carbocycles. The van der Waals surface area contributed by atoms with Crippen LogP contribution in [0.4, 0.5) is 0 Å². The molecule has 3 aliphatic heterocycles. The highest BCUT2D eigenvalue weighted by Crippen LogP contribution is 2.41. The van der Waals surface area contributed by atoms with E-state index in [-0.39, 0.29) is 23.2 Å². The number of nitrogens with one attached hydrogen (secondary N) is 1. The maximum Gasteiger partial charge on any atom is 0.243 e. The first-order valence-electron chi connectivity index (χ1n) is 12.3. The van der Waals surface area contributed by atoms with Gasteiger partial charge in [-0.3, -0.25) is 24.7 Å². The minimum Gasteiger partial charge on any atom is -0.299 e. The van der Waals surface area contributed by atoms with Crippen molar-refractivity contribution < 1.29 is 9.59 Å². The summed E-state index contributed by atoms with van der Waals surface area (Å²) in [7, 11) is 0. The van der Waals surface area contributed by atoms with Gasteiger partial charge in [0.15, 0.2) is 0 Å². The highest BCUT2D eigenvalue weighted by atomic mass is 32.1. The predicted octanol–water partition coefficient (Wildman–Crippen LogP) is 3.93. The Morgan fingerprint density at radius 2 is 1.97 bits per heavy atom. The van der Waals surface area contributed by atoms with Crippen LogP contribution >= 0.6 is 24.0 Å². The lowest BCUT2D eigenvalue weighted by atomic mass is 9.91. The summed E-state index contributed by atoms with van der Waals surface area (Å²) in [4.78, 5) is 39.3. The zero-order chi connectivity index (χ0) is 24.1. The van der Waals surface area contributed by atoms with Crippen LogP contribution in [0.2, 0.25) is 0 Å². The largest absolute Gasteiger partial charge is 0.299 e. The third-order valence-electron chi connectivity index (χ3n) is 7.69. The molecule has 1 N–H and O–H groups in total. The summed E-state index contributed by atoms with van der Waals surface area (Å²) in [5.74, 6) is 0.950. The van der Waals surface area contributed by atoms with Crippen molar-refractivity contribution in [2.75, 3.05) is 13.1 Å². The topological polar surface area (TPSA) is 78.4 Å². The van der Waals surface area contributed by atoms with Gasteiger partial charge < -0.3 is 0 Å². The third kappa shape index (κ3) is 4.28. The van der Waals surface area contributed by atoms with Crippen molar-refractivity contribution >= 4 is 46.0 Å². The molecule has 2 unspecified atom stereocenters. The zero-order valence-electron chi connectivity index (χ0n) is 19.7. The average molecular weight is 508 g/mol. The molecule has 0 aliphatic carbocycles. The zero-order valence-corrected chi connectivity index (χ0v) is 21.4. The number of aryl methyl sites for hydroxylation is 1. The average Bonchev–Trinajstić information content (AvgIpc) is 3.44. The van der Waals surface area contributed by atoms with Gasteiger partial charge in [-0.05, 0) is 67.4 Å². The lowest BCUT2D eigenvalue weighted by molar-refractivity contribution is -0.137. The Balaban J connectivity index is 1.15. The van der Waals surface area contributed by atoms with E-state index in [9.17, 15) is 9.59 Å². The molecular formula is C26H29N5O2S2. The van der Waals surface area contributed by atoms with Gasteiger partial charge in [-0.25, -0.2) is 9.97 Å². The summed E-state index contributed by atoms with van der Waals surface area (Å²) < 4.78 is 0. The molecule has 2 saturated heterocycles. The molecule has 182 valence electrons. The van der Waals surface area contributed by atoms with E-state index in [2.05, 4.69) is 49.7 Å². The Kier molecular flexibility index (Phi) is 6.12. The minimum atomic E-state index is -0.309. The van der Waals surface area contributed by atoms with Gasteiger partial charge in [0.05, 0.1) is 17.1 Å². The van der Waals surface area contributed by atoms with Crippen molar-refractivity contribution in [1.29, 1.82) is 0 Å². The smallest absolute Gasteiger partial charge is 0.243 e. The number of carbonyl (C=O) groups is 2. The molecule has 1 aromatic carbocycles. The second-order valence-corrected chi connectivity index (χ2v) is 11.2. The number of hydrogen-bond acceptors (Lipinski definition) is 8. The molecule has 5 heterocycles. The molecular weight excluding hydrogens is 478 g/mol. The van der Waals surface area contributed by atoms with Crippen LogP contribution in [-0.4, -0.2) is 50.7 Å². The summed E-state index contributed by atoms with van der Waals surface area (Å²) in [5.41, 5.74) is 4.99. The number of hydrogen-bond donors (Lipinski definition) is 2. The number of amides is 2. The first-order chi connectivity index (χ1) is 17.0. The van der Waals surface area contributed by atoms with E-state index in [0.717, 1.165) is 43.1 Å². The number of thiophene rings is 1. The van der Waals surface area contributed by atoms with Crippen LogP contribution in [0.3, 0.4) is 0 Å². The molecule has 0 bridgehead atoms. The van der Waals surface area contributed by atoms with Crippen molar-refractivity contribution in [3.63, 3.8) is 0 Å². The van der Waals surface area contributed by atoms with Crippen LogP contribution in [0.15, 0.2) is 29.6 Å². The van der Waals surface area contributed by atoms with Crippen molar-refractivity contribution in [2.45, 2.75) is 63.0 Å². The fourth-order valence-corrected chi connectivity index (χ4v) is 7.17. The molecule has 3 aromatic rings. The Labute approximate surface area is 214 Å². The third-order valence-corrected chi connectivity index (χ3v) is 9.07. The monoisotopic (exact) mass is 507 g/mol. The number of benzene rings is 1. The molecule has 0 radical (unpaired) electrons. The molecule has 2 aromatic heterocycles. The fourth-order valence-electron chi connectivity index (χ4n) is 5.87. The van der Waals surface area contributed by atoms with Crippen molar-refractivity contribution in [3.05, 3.63) is 57.9 Å². The van der Waals surface area contributed by atoms with Gasteiger partial charge in [0.2, 0.25) is 11.8 Å². The fraction of sp³-hybridized carbons (Fsp3) is 0.462. The number of rotatable bonds is 4. The first kappa shape index (κ1) is 23.1. The van der Waals surface area contributed by atoms with Crippen LogP contribution in [0.25, 0.3) is 10.2 Å². The van der Waals surface area contributed by atoms with Crippen molar-refractivity contribution in [3.8, 4) is 0 Å². The molecule has 7 nitrogen and oxygen atoms in total. The van der Waals surface area contributed by atoms with Gasteiger partial charge in [-0.2, -0.15) is 12.6 Å². The summed E-state index contributed by atoms with van der Waals surface area (Å²) in [6.07, 6.45) is 3.12. The van der Waals surface area contributed by atoms with Gasteiger partial charge >= 0.3 is 0 Å². The van der Waals surface area contributed by atoms with Crippen LogP contribution in [0.1, 0.15) is 65.2 Å². The maximum atomic E-state index is 12.5. The van der Waals surface area contributed by atoms with E-state index in [0.29, 0.717) is 25.3 Å². The van der Waals surface area contributed by atoms with Crippen LogP contribution < -0.4 is 5.32 Å². The minimum absolute atomic E-state index is 0.131. The standard InChI is InChI=1S/C26H29N5O2S2/c1-15-27-23(19-9-12-35-25(19)28-15)16-7-10-30(11-8-16)13-17-3-2-4-18-20(17)14-31(26(18)34)21-5-6-22(32)29-24(21)33/h2-4,9,12,16,21,26,34H,5-8,10-11,13-14H2,1H3,(H,29,32,33). The second kappa shape index (κ2) is 9.28. The van der Waals surface area contributed by atoms with E-state index >= 15 is 0 Å². The van der Waals surface area contributed by atoms with Crippen LogP contribution in [0, 0.1) is 6.92 Å². The Hall–Kier alpha value is -2.33. The summed E-state index contributed by atoms with van der Waals surface area (Å²) >= 11 is 6.56. The first-order valence-corrected chi connectivity index (χ1v) is 13.7. The summed E-state index contributed by atoms with van der Waals surface area (Å²) in [6, 6.07) is 8.29. The van der Waals surface area contributed by atoms with E-state index in [1.54, 1.807) is 11.3 Å². The SMILES string of the molecule is Cc1nc(C2CCN(Cc3cccc4c3CN(C3CCC(=O)NC3=O)C4S)CC2)c2ccsc2n1. The van der Waals surface area contributed by atoms with Crippen molar-refractivity contribution in [1.82, 2.24) is 25.1 Å². The molecule has 35 heavy (non-hydrogen) atoms. The van der Waals surface area contributed by atoms with Gasteiger partial charge in [-0.1, -0.05) is 18.2 Å². The molecule has 6 rings (SSSR count). The lowest BCUT2D eigenvalue weighted by Crippen LogP contribution is -2.51. The summed E-state index contributed by atoms with van der Waals surface area (Å²) in [6.45, 7) is 5.64. The quantitative estimate of drug-likeness (QED) is 0.412. The molecule has 2 fully saturated rings. The van der Waals surface area contributed by atoms with Gasteiger partial charge in [0, 0.05) is 30.8 Å². The van der Waals surface area contributed by atoms with Crippen LogP contribution in [-0.2, 0) is 22.7 Å². The van der Waals surface area contributed by atoms with Gasteiger partial charge in [0.25, 0.3) is 0 Å². The number of likely N-dealkylation sites (tertiary alicyclic amines) is 1. The molecule has 2 atom stereocenters. The lowest BCUT2D eigenvalue weighted by Gasteiger charge is -2.33. The molecule has 3 aliphatic rings. The normalized spacial score (nSPS) is 24.2. The van der Waals surface area contributed by atoms with Gasteiger partial charge in [-0.15, -0.1) is 11.3 Å². The molecule has 0 spiro atoms. The number of piperidine rings is 2. The Morgan fingerprint density at radius 3 is 2.77 bits per heavy atom.